The van der Waals surface area contributed by atoms with Crippen molar-refractivity contribution in [3.8, 4) is 0 Å². The van der Waals surface area contributed by atoms with Crippen LogP contribution in [0.1, 0.15) is 85.5 Å². The van der Waals surface area contributed by atoms with Gasteiger partial charge in [0.05, 0.1) is 23.9 Å². The van der Waals surface area contributed by atoms with Crippen molar-refractivity contribution in [3.05, 3.63) is 35.5 Å². The molecule has 0 aromatic carbocycles. The minimum Gasteiger partial charge on any atom is -0.393 e. The Morgan fingerprint density at radius 2 is 1.90 bits per heavy atom. The SMILES string of the molecule is C=C1C(=CC=C2CCC[C@@]3(C)C2CCC3C(C)CCC(O)C(C)(C)O)CC(O)CC1O. The Labute approximate surface area is 188 Å². The maximum Gasteiger partial charge on any atom is 0.0849 e. The maximum atomic E-state index is 10.3. The molecule has 7 atom stereocenters. The molecule has 176 valence electrons. The molecule has 0 saturated heterocycles. The van der Waals surface area contributed by atoms with Crippen LogP contribution in [0.2, 0.25) is 0 Å². The lowest BCUT2D eigenvalue weighted by Gasteiger charge is -2.44. The van der Waals surface area contributed by atoms with Crippen LogP contribution < -0.4 is 0 Å². The Kier molecular flexibility index (Phi) is 7.57. The molecule has 0 aromatic rings. The van der Waals surface area contributed by atoms with Gasteiger partial charge in [0.15, 0.2) is 0 Å². The van der Waals surface area contributed by atoms with E-state index in [4.69, 9.17) is 0 Å². The summed E-state index contributed by atoms with van der Waals surface area (Å²) in [5.74, 6) is 1.74. The van der Waals surface area contributed by atoms with Crippen molar-refractivity contribution in [1.82, 2.24) is 0 Å². The van der Waals surface area contributed by atoms with Gasteiger partial charge < -0.3 is 20.4 Å². The monoisotopic (exact) mass is 432 g/mol. The molecule has 3 rings (SSSR count). The van der Waals surface area contributed by atoms with Crippen LogP contribution in [0.25, 0.3) is 0 Å². The molecular formula is C27H44O4. The van der Waals surface area contributed by atoms with Gasteiger partial charge in [0.1, 0.15) is 0 Å². The van der Waals surface area contributed by atoms with Crippen molar-refractivity contribution < 1.29 is 20.4 Å². The third-order valence-electron chi connectivity index (χ3n) is 8.70. The van der Waals surface area contributed by atoms with Crippen LogP contribution in [0.3, 0.4) is 0 Å². The molecule has 3 aliphatic carbocycles. The average Bonchev–Trinajstić information content (AvgIpc) is 3.04. The first-order valence-corrected chi connectivity index (χ1v) is 12.3. The Balaban J connectivity index is 1.71. The standard InChI is InChI=1S/C27H44O4/c1-17(8-13-25(30)26(3,4)31)22-11-12-23-19(7-6-14-27(22,23)5)9-10-20-15-21(28)16-24(29)18(20)2/h9-10,17,21-25,28-31H,2,6-8,11-16H2,1,3-5H3/t17?,21?,22?,23?,24?,25?,27-/m1/s1. The lowest BCUT2D eigenvalue weighted by atomic mass is 9.60. The van der Waals surface area contributed by atoms with Gasteiger partial charge in [-0.05, 0) is 99.5 Å². The van der Waals surface area contributed by atoms with Gasteiger partial charge >= 0.3 is 0 Å². The van der Waals surface area contributed by atoms with Gasteiger partial charge in [-0.25, -0.2) is 0 Å². The molecule has 3 saturated carbocycles. The lowest BCUT2D eigenvalue weighted by molar-refractivity contribution is -0.0554. The zero-order valence-electron chi connectivity index (χ0n) is 20.0. The zero-order chi connectivity index (χ0) is 23.0. The molecule has 0 amide bonds. The summed E-state index contributed by atoms with van der Waals surface area (Å²) in [7, 11) is 0. The van der Waals surface area contributed by atoms with E-state index in [1.54, 1.807) is 13.8 Å². The topological polar surface area (TPSA) is 80.9 Å². The second-order valence-electron chi connectivity index (χ2n) is 11.4. The normalized spacial score (nSPS) is 39.0. The molecule has 0 spiro atoms. The molecule has 0 aromatic heterocycles. The molecule has 0 radical (unpaired) electrons. The van der Waals surface area contributed by atoms with Crippen LogP contribution in [-0.2, 0) is 0 Å². The fourth-order valence-electron chi connectivity index (χ4n) is 6.65. The first-order chi connectivity index (χ1) is 14.4. The van der Waals surface area contributed by atoms with Crippen molar-refractivity contribution in [3.63, 3.8) is 0 Å². The third-order valence-corrected chi connectivity index (χ3v) is 8.70. The van der Waals surface area contributed by atoms with E-state index in [-0.39, 0.29) is 5.41 Å². The molecule has 4 heteroatoms. The highest BCUT2D eigenvalue weighted by Crippen LogP contribution is 2.60. The summed E-state index contributed by atoms with van der Waals surface area (Å²) in [5.41, 5.74) is 2.48. The van der Waals surface area contributed by atoms with Crippen LogP contribution in [0, 0.1) is 23.2 Å². The van der Waals surface area contributed by atoms with E-state index in [2.05, 4.69) is 32.6 Å². The van der Waals surface area contributed by atoms with E-state index >= 15 is 0 Å². The predicted molar refractivity (Wildman–Crippen MR) is 125 cm³/mol. The zero-order valence-corrected chi connectivity index (χ0v) is 20.0. The molecule has 0 aliphatic heterocycles. The van der Waals surface area contributed by atoms with Gasteiger partial charge in [-0.15, -0.1) is 0 Å². The number of rotatable bonds is 6. The van der Waals surface area contributed by atoms with E-state index in [1.807, 2.05) is 0 Å². The molecule has 3 fully saturated rings. The summed E-state index contributed by atoms with van der Waals surface area (Å²) in [6.07, 6.45) is 11.1. The summed E-state index contributed by atoms with van der Waals surface area (Å²) < 4.78 is 0. The van der Waals surface area contributed by atoms with Crippen LogP contribution in [0.5, 0.6) is 0 Å². The van der Waals surface area contributed by atoms with Crippen LogP contribution >= 0.6 is 0 Å². The summed E-state index contributed by atoms with van der Waals surface area (Å²) in [5, 5.41) is 40.5. The number of aliphatic hydroxyl groups excluding tert-OH is 3. The number of fused-ring (bicyclic) bond motifs is 1. The third kappa shape index (κ3) is 5.35. The maximum absolute atomic E-state index is 10.3. The van der Waals surface area contributed by atoms with Gasteiger partial charge in [-0.1, -0.05) is 38.2 Å². The molecule has 6 unspecified atom stereocenters. The van der Waals surface area contributed by atoms with E-state index in [1.165, 1.54) is 31.3 Å². The number of hydrogen-bond acceptors (Lipinski definition) is 4. The van der Waals surface area contributed by atoms with Gasteiger partial charge in [0.2, 0.25) is 0 Å². The highest BCUT2D eigenvalue weighted by molar-refractivity contribution is 5.38. The first kappa shape index (κ1) is 24.7. The quantitative estimate of drug-likeness (QED) is 0.491. The van der Waals surface area contributed by atoms with Gasteiger partial charge in [-0.3, -0.25) is 0 Å². The molecule has 0 bridgehead atoms. The first-order valence-electron chi connectivity index (χ1n) is 12.3. The molecule has 31 heavy (non-hydrogen) atoms. The molecule has 3 aliphatic rings. The largest absolute Gasteiger partial charge is 0.393 e. The van der Waals surface area contributed by atoms with E-state index < -0.39 is 23.9 Å². The van der Waals surface area contributed by atoms with Crippen LogP contribution in [0.15, 0.2) is 35.5 Å². The van der Waals surface area contributed by atoms with Crippen molar-refractivity contribution >= 4 is 0 Å². The fourth-order valence-corrected chi connectivity index (χ4v) is 6.65. The average molecular weight is 433 g/mol. The van der Waals surface area contributed by atoms with E-state index in [9.17, 15) is 20.4 Å². The Hall–Kier alpha value is -0.940. The second kappa shape index (κ2) is 9.51. The minimum absolute atomic E-state index is 0.282. The van der Waals surface area contributed by atoms with Crippen molar-refractivity contribution in [2.24, 2.45) is 23.2 Å². The molecule has 4 nitrogen and oxygen atoms in total. The van der Waals surface area contributed by atoms with Crippen LogP contribution in [0.4, 0.5) is 0 Å². The van der Waals surface area contributed by atoms with Crippen molar-refractivity contribution in [2.75, 3.05) is 0 Å². The fraction of sp³-hybridized carbons (Fsp3) is 0.778. The summed E-state index contributed by atoms with van der Waals surface area (Å²) in [6.45, 7) is 12.2. The van der Waals surface area contributed by atoms with Crippen LogP contribution in [-0.4, -0.2) is 44.3 Å². The molecule has 4 N–H and O–H groups in total. The smallest absolute Gasteiger partial charge is 0.0849 e. The number of allylic oxidation sites excluding steroid dienone is 3. The van der Waals surface area contributed by atoms with Crippen molar-refractivity contribution in [1.29, 1.82) is 0 Å². The molecular weight excluding hydrogens is 388 g/mol. The second-order valence-corrected chi connectivity index (χ2v) is 11.4. The minimum atomic E-state index is -1.04. The van der Waals surface area contributed by atoms with Crippen molar-refractivity contribution in [2.45, 2.75) is 109 Å². The van der Waals surface area contributed by atoms with Gasteiger partial charge in [-0.2, -0.15) is 0 Å². The number of aliphatic hydroxyl groups is 4. The highest BCUT2D eigenvalue weighted by atomic mass is 16.3. The highest BCUT2D eigenvalue weighted by Gasteiger charge is 2.50. The summed E-state index contributed by atoms with van der Waals surface area (Å²) in [4.78, 5) is 0. The van der Waals surface area contributed by atoms with Gasteiger partial charge in [0, 0.05) is 6.42 Å². The Morgan fingerprint density at radius 1 is 1.19 bits per heavy atom. The Morgan fingerprint density at radius 3 is 2.58 bits per heavy atom. The summed E-state index contributed by atoms with van der Waals surface area (Å²) in [6, 6.07) is 0. The van der Waals surface area contributed by atoms with Gasteiger partial charge in [0.25, 0.3) is 0 Å². The summed E-state index contributed by atoms with van der Waals surface area (Å²) >= 11 is 0. The predicted octanol–water partition coefficient (Wildman–Crippen LogP) is 4.68. The van der Waals surface area contributed by atoms with E-state index in [0.717, 1.165) is 24.0 Å². The Bertz CT molecular complexity index is 715. The lowest BCUT2D eigenvalue weighted by Crippen LogP contribution is -2.38. The van der Waals surface area contributed by atoms with E-state index in [0.29, 0.717) is 37.0 Å². The molecule has 0 heterocycles. The number of hydrogen-bond donors (Lipinski definition) is 4.